The summed E-state index contributed by atoms with van der Waals surface area (Å²) in [6.45, 7) is 7.76. The lowest BCUT2D eigenvalue weighted by atomic mass is 9.99. The first kappa shape index (κ1) is 18.8. The number of piperidine rings is 1. The van der Waals surface area contributed by atoms with Crippen molar-refractivity contribution in [3.63, 3.8) is 0 Å². The summed E-state index contributed by atoms with van der Waals surface area (Å²) in [4.78, 5) is 6.72. The van der Waals surface area contributed by atoms with Gasteiger partial charge in [-0.1, -0.05) is 25.1 Å². The molecule has 0 unspecified atom stereocenters. The monoisotopic (exact) mass is 375 g/mol. The fourth-order valence-corrected chi connectivity index (χ4v) is 3.75. The molecule has 3 heterocycles. The van der Waals surface area contributed by atoms with Gasteiger partial charge in [0.25, 0.3) is 0 Å². The number of hydrogen-bond acceptors (Lipinski definition) is 4. The van der Waals surface area contributed by atoms with Crippen molar-refractivity contribution >= 4 is 0 Å². The van der Waals surface area contributed by atoms with Gasteiger partial charge in [0.2, 0.25) is 0 Å². The van der Waals surface area contributed by atoms with Crippen LogP contribution in [-0.2, 0) is 6.54 Å². The molecule has 2 aromatic heterocycles. The van der Waals surface area contributed by atoms with Gasteiger partial charge < -0.3 is 10.2 Å². The molecule has 1 aliphatic rings. The fraction of sp³-hybridized carbons (Fsp3) is 0.391. The van der Waals surface area contributed by atoms with E-state index in [1.807, 2.05) is 47.4 Å². The number of nitrogens with zero attached hydrogens (tertiary/aromatic N) is 4. The summed E-state index contributed by atoms with van der Waals surface area (Å²) in [6.07, 6.45) is 8.45. The number of para-hydroxylation sites is 1. The number of pyridine rings is 1. The maximum atomic E-state index is 4.87. The second-order valence-corrected chi connectivity index (χ2v) is 7.72. The molecule has 0 amide bonds. The van der Waals surface area contributed by atoms with Crippen LogP contribution in [0.2, 0.25) is 0 Å². The summed E-state index contributed by atoms with van der Waals surface area (Å²) in [6, 6.07) is 14.3. The van der Waals surface area contributed by atoms with Gasteiger partial charge in [-0.15, -0.1) is 0 Å². The topological polar surface area (TPSA) is 46.0 Å². The summed E-state index contributed by atoms with van der Waals surface area (Å²) in [5, 5.41) is 8.49. The van der Waals surface area contributed by atoms with Gasteiger partial charge in [-0.3, -0.25) is 4.98 Å². The number of nitrogens with one attached hydrogen (secondary N) is 1. The molecule has 28 heavy (non-hydrogen) atoms. The Labute approximate surface area is 167 Å². The highest BCUT2D eigenvalue weighted by atomic mass is 15.3. The third kappa shape index (κ3) is 4.66. The Kier molecular flexibility index (Phi) is 6.14. The van der Waals surface area contributed by atoms with E-state index in [0.717, 1.165) is 42.5 Å². The lowest BCUT2D eigenvalue weighted by Crippen LogP contribution is -2.37. The van der Waals surface area contributed by atoms with Crippen molar-refractivity contribution in [3.05, 3.63) is 66.6 Å². The zero-order chi connectivity index (χ0) is 19.2. The molecule has 1 saturated heterocycles. The molecule has 1 N–H and O–H groups in total. The summed E-state index contributed by atoms with van der Waals surface area (Å²) in [5.41, 5.74) is 4.41. The van der Waals surface area contributed by atoms with Crippen LogP contribution in [0.4, 0.5) is 0 Å². The van der Waals surface area contributed by atoms with E-state index in [0.29, 0.717) is 0 Å². The minimum absolute atomic E-state index is 0.814. The second kappa shape index (κ2) is 9.13. The molecule has 5 nitrogen and oxygen atoms in total. The summed E-state index contributed by atoms with van der Waals surface area (Å²) >= 11 is 0. The van der Waals surface area contributed by atoms with Crippen molar-refractivity contribution in [2.75, 3.05) is 26.2 Å². The van der Waals surface area contributed by atoms with E-state index in [9.17, 15) is 0 Å². The molecule has 0 atom stereocenters. The standard InChI is InChI=1S/C23H29N5/c1-19-9-14-27(15-10-19)16-13-25-17-21-18-28(22-5-3-2-4-6-22)26-23(21)20-7-11-24-12-8-20/h2-8,11-12,18-19,25H,9-10,13-17H2,1H3. The molecular formula is C23H29N5. The molecule has 1 aromatic carbocycles. The van der Waals surface area contributed by atoms with Crippen LogP contribution in [0.5, 0.6) is 0 Å². The van der Waals surface area contributed by atoms with E-state index >= 15 is 0 Å². The molecule has 1 aliphatic heterocycles. The van der Waals surface area contributed by atoms with Crippen molar-refractivity contribution in [2.45, 2.75) is 26.3 Å². The highest BCUT2D eigenvalue weighted by Crippen LogP contribution is 2.23. The molecule has 0 radical (unpaired) electrons. The average molecular weight is 376 g/mol. The molecule has 0 aliphatic carbocycles. The van der Waals surface area contributed by atoms with Crippen molar-refractivity contribution in [3.8, 4) is 16.9 Å². The Morgan fingerprint density at radius 1 is 1.04 bits per heavy atom. The van der Waals surface area contributed by atoms with Crippen LogP contribution >= 0.6 is 0 Å². The van der Waals surface area contributed by atoms with Gasteiger partial charge in [0.05, 0.1) is 11.4 Å². The molecule has 5 heteroatoms. The van der Waals surface area contributed by atoms with Gasteiger partial charge >= 0.3 is 0 Å². The Balaban J connectivity index is 1.44. The molecule has 0 saturated carbocycles. The maximum absolute atomic E-state index is 4.87. The molecule has 0 bridgehead atoms. The summed E-state index contributed by atoms with van der Waals surface area (Å²) < 4.78 is 1.97. The van der Waals surface area contributed by atoms with Crippen LogP contribution in [-0.4, -0.2) is 45.8 Å². The van der Waals surface area contributed by atoms with E-state index in [1.54, 1.807) is 0 Å². The lowest BCUT2D eigenvalue weighted by Gasteiger charge is -2.30. The van der Waals surface area contributed by atoms with Crippen molar-refractivity contribution in [2.24, 2.45) is 5.92 Å². The van der Waals surface area contributed by atoms with Gasteiger partial charge in [-0.25, -0.2) is 4.68 Å². The second-order valence-electron chi connectivity index (χ2n) is 7.72. The van der Waals surface area contributed by atoms with Gasteiger partial charge in [0, 0.05) is 49.4 Å². The zero-order valence-corrected chi connectivity index (χ0v) is 16.6. The number of likely N-dealkylation sites (tertiary alicyclic amines) is 1. The van der Waals surface area contributed by atoms with Gasteiger partial charge in [-0.2, -0.15) is 5.10 Å². The first-order valence-electron chi connectivity index (χ1n) is 10.3. The number of benzene rings is 1. The summed E-state index contributed by atoms with van der Waals surface area (Å²) in [7, 11) is 0. The first-order chi connectivity index (χ1) is 13.8. The van der Waals surface area contributed by atoms with E-state index in [4.69, 9.17) is 5.10 Å². The minimum Gasteiger partial charge on any atom is -0.311 e. The van der Waals surface area contributed by atoms with Gasteiger partial charge in [0.1, 0.15) is 0 Å². The molecule has 1 fully saturated rings. The quantitative estimate of drug-likeness (QED) is 0.639. The molecule has 4 rings (SSSR count). The first-order valence-corrected chi connectivity index (χ1v) is 10.3. The third-order valence-electron chi connectivity index (χ3n) is 5.56. The normalized spacial score (nSPS) is 15.8. The van der Waals surface area contributed by atoms with E-state index < -0.39 is 0 Å². The Morgan fingerprint density at radius 3 is 2.54 bits per heavy atom. The van der Waals surface area contributed by atoms with Crippen molar-refractivity contribution < 1.29 is 0 Å². The molecule has 3 aromatic rings. The smallest absolute Gasteiger partial charge is 0.0973 e. The van der Waals surface area contributed by atoms with E-state index in [2.05, 4.69) is 40.5 Å². The van der Waals surface area contributed by atoms with Gasteiger partial charge in [-0.05, 0) is 56.1 Å². The number of hydrogen-bond donors (Lipinski definition) is 1. The number of rotatable bonds is 7. The largest absolute Gasteiger partial charge is 0.311 e. The molecule has 146 valence electrons. The molecule has 0 spiro atoms. The Morgan fingerprint density at radius 2 is 1.79 bits per heavy atom. The van der Waals surface area contributed by atoms with Crippen LogP contribution in [0.15, 0.2) is 61.1 Å². The lowest BCUT2D eigenvalue weighted by molar-refractivity contribution is 0.193. The van der Waals surface area contributed by atoms with Gasteiger partial charge in [0.15, 0.2) is 0 Å². The fourth-order valence-electron chi connectivity index (χ4n) is 3.75. The highest BCUT2D eigenvalue weighted by molar-refractivity contribution is 5.62. The van der Waals surface area contributed by atoms with E-state index in [-0.39, 0.29) is 0 Å². The minimum atomic E-state index is 0.814. The van der Waals surface area contributed by atoms with Crippen molar-refractivity contribution in [1.29, 1.82) is 0 Å². The predicted molar refractivity (Wildman–Crippen MR) is 113 cm³/mol. The zero-order valence-electron chi connectivity index (χ0n) is 16.6. The van der Waals surface area contributed by atoms with Crippen LogP contribution in [0.25, 0.3) is 16.9 Å². The average Bonchev–Trinajstić information content (AvgIpc) is 3.18. The summed E-state index contributed by atoms with van der Waals surface area (Å²) in [5.74, 6) is 0.885. The highest BCUT2D eigenvalue weighted by Gasteiger charge is 2.15. The third-order valence-corrected chi connectivity index (χ3v) is 5.56. The SMILES string of the molecule is CC1CCN(CCNCc2cn(-c3ccccc3)nc2-c2ccncc2)CC1. The predicted octanol–water partition coefficient (Wildman–Crippen LogP) is 3.76. The van der Waals surface area contributed by atoms with Crippen LogP contribution < -0.4 is 5.32 Å². The van der Waals surface area contributed by atoms with Crippen LogP contribution in [0.1, 0.15) is 25.3 Å². The Bertz CT molecular complexity index is 851. The maximum Gasteiger partial charge on any atom is 0.0973 e. The molecular weight excluding hydrogens is 346 g/mol. The van der Waals surface area contributed by atoms with E-state index in [1.165, 1.54) is 31.5 Å². The van der Waals surface area contributed by atoms with Crippen LogP contribution in [0, 0.1) is 5.92 Å². The van der Waals surface area contributed by atoms with Crippen molar-refractivity contribution in [1.82, 2.24) is 25.0 Å². The van der Waals surface area contributed by atoms with Crippen LogP contribution in [0.3, 0.4) is 0 Å². The number of aromatic nitrogens is 3. The Hall–Kier alpha value is -2.50.